The molecule has 1 fully saturated rings. The highest BCUT2D eigenvalue weighted by Gasteiger charge is 2.30. The minimum atomic E-state index is -4.46. The number of aromatic nitrogens is 2. The molecular weight excluding hydrogens is 461 g/mol. The molecule has 7 nitrogen and oxygen atoms in total. The van der Waals surface area contributed by atoms with Crippen molar-refractivity contribution >= 4 is 11.6 Å². The first kappa shape index (κ1) is 24.7. The van der Waals surface area contributed by atoms with Gasteiger partial charge in [-0.05, 0) is 61.4 Å². The Kier molecular flexibility index (Phi) is 7.72. The van der Waals surface area contributed by atoms with Crippen LogP contribution < -0.4 is 10.1 Å². The van der Waals surface area contributed by atoms with Crippen molar-refractivity contribution in [3.05, 3.63) is 65.9 Å². The number of anilines is 1. The molecule has 2 heterocycles. The van der Waals surface area contributed by atoms with Gasteiger partial charge in [0.05, 0.1) is 18.0 Å². The van der Waals surface area contributed by atoms with Crippen LogP contribution in [0.2, 0.25) is 0 Å². The van der Waals surface area contributed by atoms with Gasteiger partial charge in [0, 0.05) is 49.8 Å². The molecule has 0 saturated carbocycles. The first-order chi connectivity index (χ1) is 16.8. The summed E-state index contributed by atoms with van der Waals surface area (Å²) in [5, 5.41) is 6.97. The Morgan fingerprint density at radius 3 is 2.66 bits per heavy atom. The SMILES string of the molecule is Cn1nccc1-c1cc(NC(=O)c2ccc(C(F)(F)F)cc2)ccc1OCCN1CCCCOC1. The Balaban J connectivity index is 1.48. The van der Waals surface area contributed by atoms with Crippen LogP contribution in [0.5, 0.6) is 5.75 Å². The molecule has 186 valence electrons. The number of nitrogens with zero attached hydrogens (tertiary/aromatic N) is 3. The van der Waals surface area contributed by atoms with Gasteiger partial charge >= 0.3 is 6.18 Å². The molecule has 1 aliphatic heterocycles. The van der Waals surface area contributed by atoms with Crippen molar-refractivity contribution in [1.29, 1.82) is 0 Å². The molecule has 0 spiro atoms. The third-order valence-corrected chi connectivity index (χ3v) is 5.76. The van der Waals surface area contributed by atoms with Crippen LogP contribution in [0, 0.1) is 0 Å². The zero-order valence-electron chi connectivity index (χ0n) is 19.3. The lowest BCUT2D eigenvalue weighted by Crippen LogP contribution is -2.30. The first-order valence-corrected chi connectivity index (χ1v) is 11.4. The number of amides is 1. The minimum absolute atomic E-state index is 0.125. The van der Waals surface area contributed by atoms with Crippen LogP contribution in [-0.2, 0) is 18.0 Å². The topological polar surface area (TPSA) is 68.6 Å². The summed E-state index contributed by atoms with van der Waals surface area (Å²) in [6.45, 7) is 3.52. The number of carbonyl (C=O) groups excluding carboxylic acids is 1. The van der Waals surface area contributed by atoms with Gasteiger partial charge in [0.2, 0.25) is 0 Å². The Morgan fingerprint density at radius 2 is 1.94 bits per heavy atom. The zero-order chi connectivity index (χ0) is 24.8. The van der Waals surface area contributed by atoms with E-state index in [2.05, 4.69) is 15.3 Å². The fraction of sp³-hybridized carbons (Fsp3) is 0.360. The van der Waals surface area contributed by atoms with Crippen molar-refractivity contribution in [2.45, 2.75) is 19.0 Å². The van der Waals surface area contributed by atoms with Gasteiger partial charge in [-0.15, -0.1) is 0 Å². The van der Waals surface area contributed by atoms with Gasteiger partial charge in [0.15, 0.2) is 0 Å². The largest absolute Gasteiger partial charge is 0.492 e. The van der Waals surface area contributed by atoms with Crippen molar-refractivity contribution in [3.63, 3.8) is 0 Å². The van der Waals surface area contributed by atoms with Crippen molar-refractivity contribution in [3.8, 4) is 17.0 Å². The molecule has 0 radical (unpaired) electrons. The van der Waals surface area contributed by atoms with Crippen LogP contribution in [-0.4, -0.2) is 53.6 Å². The van der Waals surface area contributed by atoms with E-state index in [0.717, 1.165) is 68.1 Å². The highest BCUT2D eigenvalue weighted by atomic mass is 19.4. The maximum atomic E-state index is 12.8. The lowest BCUT2D eigenvalue weighted by Gasteiger charge is -2.20. The number of alkyl halides is 3. The molecular formula is C25H27F3N4O3. The van der Waals surface area contributed by atoms with Crippen molar-refractivity contribution < 1.29 is 27.4 Å². The van der Waals surface area contributed by atoms with E-state index in [4.69, 9.17) is 9.47 Å². The second kappa shape index (κ2) is 10.9. The number of hydrogen-bond acceptors (Lipinski definition) is 5. The third-order valence-electron chi connectivity index (χ3n) is 5.76. The van der Waals surface area contributed by atoms with Gasteiger partial charge in [-0.3, -0.25) is 14.4 Å². The van der Waals surface area contributed by atoms with Crippen LogP contribution >= 0.6 is 0 Å². The number of carbonyl (C=O) groups is 1. The summed E-state index contributed by atoms with van der Waals surface area (Å²) in [5.41, 5.74) is 1.34. The molecule has 4 rings (SSSR count). The highest BCUT2D eigenvalue weighted by Crippen LogP contribution is 2.33. The lowest BCUT2D eigenvalue weighted by atomic mass is 10.1. The fourth-order valence-corrected chi connectivity index (χ4v) is 3.84. The van der Waals surface area contributed by atoms with E-state index in [0.29, 0.717) is 24.8 Å². The van der Waals surface area contributed by atoms with Crippen LogP contribution in [0.1, 0.15) is 28.8 Å². The van der Waals surface area contributed by atoms with Gasteiger partial charge in [-0.25, -0.2) is 0 Å². The fourth-order valence-electron chi connectivity index (χ4n) is 3.84. The average molecular weight is 489 g/mol. The lowest BCUT2D eigenvalue weighted by molar-refractivity contribution is -0.137. The number of benzene rings is 2. The Hall–Kier alpha value is -3.37. The molecule has 10 heteroatoms. The molecule has 1 saturated heterocycles. The molecule has 0 unspecified atom stereocenters. The maximum absolute atomic E-state index is 12.8. The predicted molar refractivity (Wildman–Crippen MR) is 125 cm³/mol. The van der Waals surface area contributed by atoms with E-state index >= 15 is 0 Å². The number of nitrogens with one attached hydrogen (secondary N) is 1. The monoisotopic (exact) mass is 488 g/mol. The summed E-state index contributed by atoms with van der Waals surface area (Å²) in [4.78, 5) is 14.8. The molecule has 1 aliphatic rings. The summed E-state index contributed by atoms with van der Waals surface area (Å²) in [6.07, 6.45) is -0.639. The van der Waals surface area contributed by atoms with Crippen molar-refractivity contribution in [2.75, 3.05) is 38.4 Å². The second-order valence-corrected chi connectivity index (χ2v) is 8.29. The molecule has 1 N–H and O–H groups in total. The summed E-state index contributed by atoms with van der Waals surface area (Å²) < 4.78 is 51.8. The average Bonchev–Trinajstić information content (AvgIpc) is 3.09. The molecule has 3 aromatic rings. The number of halogens is 3. The summed E-state index contributed by atoms with van der Waals surface area (Å²) in [6, 6.07) is 11.2. The van der Waals surface area contributed by atoms with Gasteiger partial charge in [-0.2, -0.15) is 18.3 Å². The molecule has 0 bridgehead atoms. The predicted octanol–water partition coefficient (Wildman–Crippen LogP) is 4.81. The molecule has 0 aliphatic carbocycles. The molecule has 35 heavy (non-hydrogen) atoms. The molecule has 0 atom stereocenters. The van der Waals surface area contributed by atoms with Crippen LogP contribution in [0.15, 0.2) is 54.7 Å². The van der Waals surface area contributed by atoms with E-state index in [1.165, 1.54) is 0 Å². The quantitative estimate of drug-likeness (QED) is 0.517. The van der Waals surface area contributed by atoms with E-state index in [9.17, 15) is 18.0 Å². The van der Waals surface area contributed by atoms with E-state index in [1.807, 2.05) is 6.07 Å². The zero-order valence-corrected chi connectivity index (χ0v) is 19.3. The van der Waals surface area contributed by atoms with Crippen molar-refractivity contribution in [2.24, 2.45) is 7.05 Å². The van der Waals surface area contributed by atoms with E-state index < -0.39 is 17.6 Å². The highest BCUT2D eigenvalue weighted by molar-refractivity contribution is 6.04. The maximum Gasteiger partial charge on any atom is 0.416 e. The Labute approximate surface area is 201 Å². The van der Waals surface area contributed by atoms with Gasteiger partial charge in [0.25, 0.3) is 5.91 Å². The number of aryl methyl sites for hydroxylation is 1. The van der Waals surface area contributed by atoms with Crippen LogP contribution in [0.3, 0.4) is 0 Å². The summed E-state index contributed by atoms with van der Waals surface area (Å²) in [5.74, 6) is 0.126. The summed E-state index contributed by atoms with van der Waals surface area (Å²) >= 11 is 0. The van der Waals surface area contributed by atoms with Gasteiger partial charge in [0.1, 0.15) is 12.4 Å². The Bertz CT molecular complexity index is 1140. The minimum Gasteiger partial charge on any atom is -0.492 e. The molecule has 2 aromatic carbocycles. The summed E-state index contributed by atoms with van der Waals surface area (Å²) in [7, 11) is 1.81. The van der Waals surface area contributed by atoms with E-state index in [1.54, 1.807) is 36.1 Å². The second-order valence-electron chi connectivity index (χ2n) is 8.29. The normalized spacial score (nSPS) is 15.0. The van der Waals surface area contributed by atoms with Gasteiger partial charge in [-0.1, -0.05) is 0 Å². The van der Waals surface area contributed by atoms with Gasteiger partial charge < -0.3 is 14.8 Å². The number of hydrogen-bond donors (Lipinski definition) is 1. The molecule has 1 amide bonds. The standard InChI is InChI=1S/C25H27F3N4O3/c1-31-22(10-11-29-31)21-16-20(30-24(33)18-4-6-19(7-5-18)25(26,27)28)8-9-23(21)35-15-13-32-12-2-3-14-34-17-32/h4-11,16H,2-3,12-15,17H2,1H3,(H,30,33). The smallest absolute Gasteiger partial charge is 0.416 e. The number of rotatable bonds is 7. The van der Waals surface area contributed by atoms with Crippen LogP contribution in [0.4, 0.5) is 18.9 Å². The third kappa shape index (κ3) is 6.40. The number of ether oxygens (including phenoxy) is 2. The van der Waals surface area contributed by atoms with Crippen molar-refractivity contribution in [1.82, 2.24) is 14.7 Å². The van der Waals surface area contributed by atoms with Crippen LogP contribution in [0.25, 0.3) is 11.3 Å². The Morgan fingerprint density at radius 1 is 1.14 bits per heavy atom. The first-order valence-electron chi connectivity index (χ1n) is 11.4. The molecule has 1 aromatic heterocycles. The van der Waals surface area contributed by atoms with E-state index in [-0.39, 0.29) is 5.56 Å².